The molecule has 0 aliphatic rings. The molecule has 1 aromatic carbocycles. The Hall–Kier alpha value is -2.14. The van der Waals surface area contributed by atoms with E-state index in [9.17, 15) is 26.7 Å². The van der Waals surface area contributed by atoms with Gasteiger partial charge in [-0.1, -0.05) is 39.0 Å². The molecule has 1 aromatic rings. The second kappa shape index (κ2) is 40.3. The van der Waals surface area contributed by atoms with E-state index in [2.05, 4.69) is 11.7 Å². The van der Waals surface area contributed by atoms with Crippen LogP contribution >= 0.6 is 0 Å². The molecular weight excluding hydrogens is 787 g/mol. The number of esters is 1. The molecule has 14 nitrogen and oxygen atoms in total. The molecule has 0 heterocycles. The van der Waals surface area contributed by atoms with E-state index in [1.807, 2.05) is 0 Å². The second-order valence-electron chi connectivity index (χ2n) is 12.2. The molecule has 0 aliphatic heterocycles. The van der Waals surface area contributed by atoms with Crippen LogP contribution in [0.3, 0.4) is 0 Å². The summed E-state index contributed by atoms with van der Waals surface area (Å²) in [6, 6.07) is 0. The summed E-state index contributed by atoms with van der Waals surface area (Å²) in [7, 11) is 0. The lowest BCUT2D eigenvalue weighted by molar-refractivity contribution is -0.136. The molecule has 0 fully saturated rings. The summed E-state index contributed by atoms with van der Waals surface area (Å²) in [6.45, 7) is 12.2. The number of carbonyl (C=O) groups excluding carboxylic acids is 1. The Balaban J connectivity index is 1.69. The average molecular weight is 853 g/mol. The fourth-order valence-corrected chi connectivity index (χ4v) is 4.50. The fraction of sp³-hybridized carbons (Fsp3) is 0.821. The number of unbranched alkanes of at least 4 members (excludes halogenated alkanes) is 5. The molecule has 1 rings (SSSR count). The zero-order chi connectivity index (χ0) is 42.2. The number of hydrogen-bond acceptors (Lipinski definition) is 14. The van der Waals surface area contributed by atoms with Crippen LogP contribution < -0.4 is 4.74 Å². The van der Waals surface area contributed by atoms with Gasteiger partial charge in [-0.15, -0.1) is 0 Å². The normalized spacial score (nSPS) is 11.6. The van der Waals surface area contributed by atoms with Crippen molar-refractivity contribution < 1.29 is 88.3 Å². The van der Waals surface area contributed by atoms with E-state index >= 15 is 0 Å². The Kier molecular flexibility index (Phi) is 37.4. The Labute approximate surface area is 339 Å². The molecule has 0 bridgehead atoms. The van der Waals surface area contributed by atoms with Crippen LogP contribution in [-0.4, -0.2) is 165 Å². The summed E-state index contributed by atoms with van der Waals surface area (Å²) in [5, 5.41) is 0. The van der Waals surface area contributed by atoms with Crippen molar-refractivity contribution in [1.29, 1.82) is 0 Å². The Morgan fingerprint density at radius 3 is 0.879 bits per heavy atom. The Bertz CT molecular complexity index is 1080. The summed E-state index contributed by atoms with van der Waals surface area (Å²) in [5.74, 6) is -14.1. The van der Waals surface area contributed by atoms with Gasteiger partial charge in [-0.05, 0) is 6.42 Å². The predicted molar refractivity (Wildman–Crippen MR) is 200 cm³/mol. The van der Waals surface area contributed by atoms with Crippen molar-refractivity contribution in [2.24, 2.45) is 0 Å². The topological polar surface area (TPSA) is 137 Å². The van der Waals surface area contributed by atoms with Gasteiger partial charge in [0.2, 0.25) is 34.8 Å². The molecule has 58 heavy (non-hydrogen) atoms. The predicted octanol–water partition coefficient (Wildman–Crippen LogP) is 5.24. The molecule has 0 saturated carbocycles. The third-order valence-electron chi connectivity index (χ3n) is 7.57. The van der Waals surface area contributed by atoms with Crippen molar-refractivity contribution in [2.45, 2.75) is 51.9 Å². The number of carbonyl (C=O) groups is 1. The maximum atomic E-state index is 13.6. The van der Waals surface area contributed by atoms with Crippen LogP contribution in [0.25, 0.3) is 0 Å². The Morgan fingerprint density at radius 1 is 0.328 bits per heavy atom. The van der Waals surface area contributed by atoms with Gasteiger partial charge in [0.25, 0.3) is 0 Å². The van der Waals surface area contributed by atoms with Crippen LogP contribution in [0.4, 0.5) is 22.0 Å². The highest BCUT2D eigenvalue weighted by Crippen LogP contribution is 2.29. The van der Waals surface area contributed by atoms with Gasteiger partial charge in [0.15, 0.2) is 0 Å². The third-order valence-corrected chi connectivity index (χ3v) is 7.57. The quantitative estimate of drug-likeness (QED) is 0.0212. The van der Waals surface area contributed by atoms with Gasteiger partial charge in [-0.2, -0.15) is 8.78 Å². The first-order valence-electron chi connectivity index (χ1n) is 20.0. The van der Waals surface area contributed by atoms with Gasteiger partial charge in [-0.3, -0.25) is 4.79 Å². The molecule has 0 amide bonds. The first kappa shape index (κ1) is 53.9. The van der Waals surface area contributed by atoms with E-state index in [1.54, 1.807) is 0 Å². The van der Waals surface area contributed by atoms with E-state index in [0.717, 1.165) is 13.0 Å². The van der Waals surface area contributed by atoms with E-state index in [1.165, 1.54) is 32.1 Å². The molecule has 0 atom stereocenters. The minimum absolute atomic E-state index is 0.0799. The number of halogens is 5. The largest absolute Gasteiger partial charge is 0.420 e. The zero-order valence-corrected chi connectivity index (χ0v) is 34.0. The zero-order valence-electron chi connectivity index (χ0n) is 34.0. The highest BCUT2D eigenvalue weighted by Gasteiger charge is 2.28. The van der Waals surface area contributed by atoms with E-state index in [-0.39, 0.29) is 26.4 Å². The lowest BCUT2D eigenvalue weighted by Crippen LogP contribution is -2.16. The number of ether oxygens (including phenoxy) is 13. The molecular formula is C39H65F5O14. The minimum atomic E-state index is -2.35. The first-order chi connectivity index (χ1) is 28.4. The fourth-order valence-electron chi connectivity index (χ4n) is 4.50. The van der Waals surface area contributed by atoms with Gasteiger partial charge in [-0.25, -0.2) is 13.2 Å². The van der Waals surface area contributed by atoms with E-state index in [4.69, 9.17) is 56.8 Å². The van der Waals surface area contributed by atoms with Gasteiger partial charge in [0.05, 0.1) is 158 Å². The van der Waals surface area contributed by atoms with Crippen molar-refractivity contribution >= 4 is 5.97 Å². The molecule has 0 spiro atoms. The third kappa shape index (κ3) is 30.8. The number of hydrogen-bond donors (Lipinski definition) is 0. The molecule has 0 aliphatic carbocycles. The lowest BCUT2D eigenvalue weighted by Gasteiger charge is -2.09. The van der Waals surface area contributed by atoms with Crippen molar-refractivity contribution in [3.63, 3.8) is 0 Å². The smallest absolute Gasteiger partial charge is 0.313 e. The van der Waals surface area contributed by atoms with Crippen LogP contribution in [0.2, 0.25) is 0 Å². The molecule has 0 radical (unpaired) electrons. The van der Waals surface area contributed by atoms with Crippen molar-refractivity contribution in [1.82, 2.24) is 0 Å². The van der Waals surface area contributed by atoms with Crippen LogP contribution in [0.15, 0.2) is 0 Å². The van der Waals surface area contributed by atoms with Gasteiger partial charge in [0, 0.05) is 6.61 Å². The summed E-state index contributed by atoms with van der Waals surface area (Å²) >= 11 is 0. The standard InChI is InChI=1S/C39H65F5O14/c1-2-3-4-5-6-7-9-46-11-13-48-15-17-50-19-21-52-23-25-54-27-29-56-31-32-57-30-28-55-26-24-53-22-20-51-18-16-49-14-12-47-10-8-33(45)58-39-37(43)35(41)34(40)36(42)38(39)44/h2-32H2,1H3. The van der Waals surface area contributed by atoms with Crippen LogP contribution in [0.5, 0.6) is 5.75 Å². The van der Waals surface area contributed by atoms with Crippen LogP contribution in [0.1, 0.15) is 51.9 Å². The number of benzene rings is 1. The first-order valence-corrected chi connectivity index (χ1v) is 20.0. The maximum Gasteiger partial charge on any atom is 0.313 e. The Morgan fingerprint density at radius 2 is 0.569 bits per heavy atom. The second-order valence-corrected chi connectivity index (χ2v) is 12.2. The van der Waals surface area contributed by atoms with Gasteiger partial charge < -0.3 is 61.6 Å². The summed E-state index contributed by atoms with van der Waals surface area (Å²) in [5.41, 5.74) is 0. The van der Waals surface area contributed by atoms with E-state index in [0.29, 0.717) is 126 Å². The molecule has 340 valence electrons. The van der Waals surface area contributed by atoms with Gasteiger partial charge >= 0.3 is 5.97 Å². The maximum absolute atomic E-state index is 13.6. The average Bonchev–Trinajstić information content (AvgIpc) is 3.22. The molecule has 19 heteroatoms. The molecule has 0 unspecified atom stereocenters. The minimum Gasteiger partial charge on any atom is -0.420 e. The summed E-state index contributed by atoms with van der Waals surface area (Å²) < 4.78 is 136. The molecule has 0 saturated heterocycles. The molecule has 0 N–H and O–H groups in total. The van der Waals surface area contributed by atoms with Crippen molar-refractivity contribution in [3.8, 4) is 5.75 Å². The number of rotatable bonds is 44. The highest BCUT2D eigenvalue weighted by molar-refractivity contribution is 5.72. The SMILES string of the molecule is CCCCCCCCOCCOCCOCCOCCOCCOCCOCCOCCOCCOCCOCCOCCC(=O)Oc1c(F)c(F)c(F)c(F)c1F. The van der Waals surface area contributed by atoms with Crippen LogP contribution in [-0.2, 0) is 61.6 Å². The lowest BCUT2D eigenvalue weighted by atomic mass is 10.1. The van der Waals surface area contributed by atoms with Crippen molar-refractivity contribution in [3.05, 3.63) is 29.1 Å². The molecule has 0 aromatic heterocycles. The summed E-state index contributed by atoms with van der Waals surface area (Å²) in [6.07, 6.45) is 7.08. The highest BCUT2D eigenvalue weighted by atomic mass is 19.2. The monoisotopic (exact) mass is 852 g/mol. The van der Waals surface area contributed by atoms with Gasteiger partial charge in [0.1, 0.15) is 0 Å². The summed E-state index contributed by atoms with van der Waals surface area (Å²) in [4.78, 5) is 11.7. The van der Waals surface area contributed by atoms with E-state index < -0.39 is 47.2 Å². The van der Waals surface area contributed by atoms with Crippen molar-refractivity contribution in [2.75, 3.05) is 159 Å². The van der Waals surface area contributed by atoms with Crippen LogP contribution in [0, 0.1) is 29.1 Å².